The molecule has 3 atom stereocenters. The van der Waals surface area contributed by atoms with Gasteiger partial charge in [0.25, 0.3) is 0 Å². The highest BCUT2D eigenvalue weighted by Crippen LogP contribution is 2.49. The first kappa shape index (κ1) is 11.5. The summed E-state index contributed by atoms with van der Waals surface area (Å²) < 4.78 is 0. The molecule has 0 radical (unpaired) electrons. The van der Waals surface area contributed by atoms with Crippen LogP contribution in [0, 0.1) is 17.8 Å². The predicted octanol–water partition coefficient (Wildman–Crippen LogP) is 4.44. The Balaban J connectivity index is 1.76. The van der Waals surface area contributed by atoms with Gasteiger partial charge in [0, 0.05) is 28.6 Å². The number of ketones is 1. The molecule has 2 fully saturated rings. The molecule has 2 saturated carbocycles. The van der Waals surface area contributed by atoms with Gasteiger partial charge in [0.15, 0.2) is 5.78 Å². The summed E-state index contributed by atoms with van der Waals surface area (Å²) in [5, 5.41) is 1.57. The van der Waals surface area contributed by atoms with Gasteiger partial charge in [0.2, 0.25) is 0 Å². The lowest BCUT2D eigenvalue weighted by molar-refractivity contribution is 0.0876. The maximum atomic E-state index is 12.8. The van der Waals surface area contributed by atoms with Gasteiger partial charge in [-0.25, -0.2) is 0 Å². The Morgan fingerprint density at radius 2 is 2.16 bits per heavy atom. The fourth-order valence-electron chi connectivity index (χ4n) is 4.10. The van der Waals surface area contributed by atoms with Gasteiger partial charge in [0.05, 0.1) is 5.02 Å². The van der Waals surface area contributed by atoms with E-state index in [1.54, 1.807) is 0 Å². The molecule has 2 aliphatic rings. The first-order valence-corrected chi connectivity index (χ1v) is 7.41. The van der Waals surface area contributed by atoms with Gasteiger partial charge in [-0.3, -0.25) is 4.79 Å². The summed E-state index contributed by atoms with van der Waals surface area (Å²) in [6, 6.07) is 5.74. The Hall–Kier alpha value is -1.28. The number of aromatic amines is 1. The molecule has 0 amide bonds. The molecule has 98 valence electrons. The van der Waals surface area contributed by atoms with Gasteiger partial charge in [-0.05, 0) is 43.2 Å². The molecule has 1 aromatic heterocycles. The molecular weight excluding hydrogens is 258 g/mol. The summed E-state index contributed by atoms with van der Waals surface area (Å²) in [5.74, 6) is 1.94. The second-order valence-electron chi connectivity index (χ2n) is 6.01. The summed E-state index contributed by atoms with van der Waals surface area (Å²) in [7, 11) is 0. The summed E-state index contributed by atoms with van der Waals surface area (Å²) in [4.78, 5) is 16.0. The number of rotatable bonds is 2. The normalized spacial score (nSPS) is 29.2. The number of carbonyl (C=O) groups excluding carboxylic acids is 1. The van der Waals surface area contributed by atoms with Gasteiger partial charge in [-0.2, -0.15) is 0 Å². The quantitative estimate of drug-likeness (QED) is 0.806. The smallest absolute Gasteiger partial charge is 0.168 e. The highest BCUT2D eigenvalue weighted by atomic mass is 35.5. The Bertz CT molecular complexity index is 660. The van der Waals surface area contributed by atoms with E-state index in [2.05, 4.69) is 4.98 Å². The van der Waals surface area contributed by atoms with Crippen LogP contribution in [0.5, 0.6) is 0 Å². The van der Waals surface area contributed by atoms with Crippen molar-refractivity contribution in [2.24, 2.45) is 17.8 Å². The van der Waals surface area contributed by atoms with Crippen LogP contribution < -0.4 is 0 Å². The molecule has 2 bridgehead atoms. The number of hydrogen-bond acceptors (Lipinski definition) is 1. The molecule has 1 heterocycles. The fraction of sp³-hybridized carbons (Fsp3) is 0.438. The van der Waals surface area contributed by atoms with Gasteiger partial charge in [0.1, 0.15) is 0 Å². The first-order valence-electron chi connectivity index (χ1n) is 7.04. The zero-order chi connectivity index (χ0) is 13.0. The number of nitrogens with one attached hydrogen (secondary N) is 1. The minimum atomic E-state index is 0.231. The zero-order valence-electron chi connectivity index (χ0n) is 10.7. The lowest BCUT2D eigenvalue weighted by Gasteiger charge is -2.20. The van der Waals surface area contributed by atoms with Crippen LogP contribution in [0.3, 0.4) is 0 Å². The van der Waals surface area contributed by atoms with E-state index in [-0.39, 0.29) is 5.92 Å². The van der Waals surface area contributed by atoms with E-state index in [9.17, 15) is 4.79 Å². The molecule has 1 N–H and O–H groups in total. The molecule has 0 spiro atoms. The summed E-state index contributed by atoms with van der Waals surface area (Å²) in [6.07, 6.45) is 6.73. The van der Waals surface area contributed by atoms with Crippen molar-refractivity contribution >= 4 is 28.3 Å². The number of halogens is 1. The lowest BCUT2D eigenvalue weighted by Crippen LogP contribution is -2.20. The topological polar surface area (TPSA) is 32.9 Å². The highest BCUT2D eigenvalue weighted by molar-refractivity contribution is 6.37. The van der Waals surface area contributed by atoms with Crippen LogP contribution in [-0.4, -0.2) is 10.8 Å². The van der Waals surface area contributed by atoms with E-state index in [0.29, 0.717) is 16.7 Å². The van der Waals surface area contributed by atoms with Crippen LogP contribution in [0.4, 0.5) is 0 Å². The van der Waals surface area contributed by atoms with Crippen molar-refractivity contribution in [3.8, 4) is 0 Å². The van der Waals surface area contributed by atoms with Crippen LogP contribution in [0.1, 0.15) is 36.0 Å². The van der Waals surface area contributed by atoms with Crippen molar-refractivity contribution in [3.05, 3.63) is 35.0 Å². The lowest BCUT2D eigenvalue weighted by atomic mass is 9.83. The average Bonchev–Trinajstić information content (AvgIpc) is 3.12. The molecule has 3 unspecified atom stereocenters. The third-order valence-electron chi connectivity index (χ3n) is 5.00. The van der Waals surface area contributed by atoms with E-state index < -0.39 is 0 Å². The molecule has 0 saturated heterocycles. The van der Waals surface area contributed by atoms with Gasteiger partial charge in [-0.1, -0.05) is 24.1 Å². The molecule has 2 nitrogen and oxygen atoms in total. The summed E-state index contributed by atoms with van der Waals surface area (Å²) in [6.45, 7) is 0. The van der Waals surface area contributed by atoms with E-state index in [1.807, 2.05) is 24.4 Å². The number of fused-ring (bicyclic) bond motifs is 3. The Morgan fingerprint density at radius 3 is 2.89 bits per heavy atom. The standard InChI is InChI=1S/C16H16ClNO/c17-13-2-1-3-14-15(13)12(8-18-14)16(19)11-7-9-4-5-10(11)6-9/h1-3,8-11,18H,4-7H2. The Kier molecular flexibility index (Phi) is 2.49. The molecule has 19 heavy (non-hydrogen) atoms. The number of benzene rings is 1. The minimum Gasteiger partial charge on any atom is -0.360 e. The highest BCUT2D eigenvalue weighted by Gasteiger charge is 2.43. The van der Waals surface area contributed by atoms with E-state index in [1.165, 1.54) is 19.3 Å². The maximum Gasteiger partial charge on any atom is 0.168 e. The van der Waals surface area contributed by atoms with Crippen molar-refractivity contribution in [3.63, 3.8) is 0 Å². The number of aromatic nitrogens is 1. The van der Waals surface area contributed by atoms with Crippen molar-refractivity contribution in [1.29, 1.82) is 0 Å². The predicted molar refractivity (Wildman–Crippen MR) is 76.6 cm³/mol. The van der Waals surface area contributed by atoms with Crippen molar-refractivity contribution in [1.82, 2.24) is 4.98 Å². The van der Waals surface area contributed by atoms with Crippen molar-refractivity contribution in [2.75, 3.05) is 0 Å². The second kappa shape index (κ2) is 4.11. The monoisotopic (exact) mass is 273 g/mol. The van der Waals surface area contributed by atoms with E-state index >= 15 is 0 Å². The molecule has 2 aromatic rings. The molecule has 3 heteroatoms. The van der Waals surface area contributed by atoms with Crippen molar-refractivity contribution in [2.45, 2.75) is 25.7 Å². The number of H-pyrrole nitrogens is 1. The molecule has 2 aliphatic carbocycles. The molecular formula is C16H16ClNO. The van der Waals surface area contributed by atoms with E-state index in [4.69, 9.17) is 11.6 Å². The summed E-state index contributed by atoms with van der Waals surface area (Å²) in [5.41, 5.74) is 1.75. The average molecular weight is 274 g/mol. The van der Waals surface area contributed by atoms with Gasteiger partial charge >= 0.3 is 0 Å². The minimum absolute atomic E-state index is 0.231. The fourth-order valence-corrected chi connectivity index (χ4v) is 4.38. The van der Waals surface area contributed by atoms with Crippen LogP contribution >= 0.6 is 11.6 Å². The Morgan fingerprint density at radius 1 is 1.26 bits per heavy atom. The number of hydrogen-bond donors (Lipinski definition) is 1. The van der Waals surface area contributed by atoms with Crippen LogP contribution in [0.25, 0.3) is 10.9 Å². The van der Waals surface area contributed by atoms with Gasteiger partial charge in [-0.15, -0.1) is 0 Å². The third-order valence-corrected chi connectivity index (χ3v) is 5.31. The van der Waals surface area contributed by atoms with Crippen LogP contribution in [0.15, 0.2) is 24.4 Å². The summed E-state index contributed by atoms with van der Waals surface area (Å²) >= 11 is 6.26. The molecule has 4 rings (SSSR count). The number of Topliss-reactive ketones (excluding diaryl/α,β-unsaturated/α-hetero) is 1. The number of carbonyl (C=O) groups is 1. The largest absolute Gasteiger partial charge is 0.360 e. The van der Waals surface area contributed by atoms with Crippen LogP contribution in [-0.2, 0) is 0 Å². The molecule has 0 aliphatic heterocycles. The Labute approximate surface area is 117 Å². The molecule has 1 aromatic carbocycles. The SMILES string of the molecule is O=C(c1c[nH]c2cccc(Cl)c12)C1CC2CCC1C2. The van der Waals surface area contributed by atoms with E-state index in [0.717, 1.165) is 28.8 Å². The third kappa shape index (κ3) is 1.66. The first-order chi connectivity index (χ1) is 9.24. The zero-order valence-corrected chi connectivity index (χ0v) is 11.4. The second-order valence-corrected chi connectivity index (χ2v) is 6.42. The van der Waals surface area contributed by atoms with Crippen molar-refractivity contribution < 1.29 is 4.79 Å². The van der Waals surface area contributed by atoms with Crippen LogP contribution in [0.2, 0.25) is 5.02 Å². The van der Waals surface area contributed by atoms with Gasteiger partial charge < -0.3 is 4.98 Å². The maximum absolute atomic E-state index is 12.8.